The van der Waals surface area contributed by atoms with E-state index < -0.39 is 12.1 Å². The quantitative estimate of drug-likeness (QED) is 0.411. The first kappa shape index (κ1) is 26.0. The van der Waals surface area contributed by atoms with Crippen molar-refractivity contribution < 1.29 is 14.4 Å². The standard InChI is InChI=1S/C29H29ClN4O3S/c1-2-33-24-18-34(28(36)25(24)26(32-29(33)37)20-10-12-21(30)13-11-20)23(17-19-7-4-3-5-8-19)27(35)31-15-14-22-9-6-16-38-22/h3-13,16,23,26H,2,14-15,17-18H2,1H3,(H,31,35)(H,32,37)/t23-,26-/m1/s1. The molecule has 9 heteroatoms. The van der Waals surface area contributed by atoms with E-state index in [1.54, 1.807) is 33.3 Å². The lowest BCUT2D eigenvalue weighted by Gasteiger charge is -2.32. The van der Waals surface area contributed by atoms with Gasteiger partial charge >= 0.3 is 6.03 Å². The second kappa shape index (κ2) is 11.4. The van der Waals surface area contributed by atoms with Crippen molar-refractivity contribution in [1.29, 1.82) is 0 Å². The fourth-order valence-electron chi connectivity index (χ4n) is 5.07. The van der Waals surface area contributed by atoms with Crippen LogP contribution in [0.5, 0.6) is 0 Å². The van der Waals surface area contributed by atoms with Crippen LogP contribution in [-0.4, -0.2) is 53.3 Å². The molecule has 0 saturated heterocycles. The Balaban J connectivity index is 1.44. The zero-order valence-corrected chi connectivity index (χ0v) is 22.6. The summed E-state index contributed by atoms with van der Waals surface area (Å²) in [5, 5.41) is 8.62. The van der Waals surface area contributed by atoms with Crippen LogP contribution in [0.2, 0.25) is 5.02 Å². The molecule has 2 aromatic carbocycles. The Hall–Kier alpha value is -3.62. The molecule has 0 aliphatic carbocycles. The number of rotatable bonds is 9. The summed E-state index contributed by atoms with van der Waals surface area (Å²) in [5.74, 6) is -0.447. The number of nitrogens with zero attached hydrogens (tertiary/aromatic N) is 2. The average Bonchev–Trinajstić information content (AvgIpc) is 3.56. The number of halogens is 1. The van der Waals surface area contributed by atoms with Crippen LogP contribution in [0.3, 0.4) is 0 Å². The summed E-state index contributed by atoms with van der Waals surface area (Å²) in [7, 11) is 0. The van der Waals surface area contributed by atoms with Gasteiger partial charge < -0.3 is 15.5 Å². The molecule has 3 heterocycles. The maximum absolute atomic E-state index is 14.0. The van der Waals surface area contributed by atoms with Gasteiger partial charge in [-0.05, 0) is 48.1 Å². The van der Waals surface area contributed by atoms with E-state index in [4.69, 9.17) is 11.6 Å². The number of hydrogen-bond donors (Lipinski definition) is 2. The number of likely N-dealkylation sites (N-methyl/N-ethyl adjacent to an activating group) is 1. The minimum absolute atomic E-state index is 0.190. The molecule has 3 aromatic rings. The zero-order chi connectivity index (χ0) is 26.6. The Labute approximate surface area is 231 Å². The topological polar surface area (TPSA) is 81.8 Å². The van der Waals surface area contributed by atoms with Gasteiger partial charge in [-0.2, -0.15) is 0 Å². The summed E-state index contributed by atoms with van der Waals surface area (Å²) in [6.07, 6.45) is 1.10. The molecule has 2 aliphatic heterocycles. The van der Waals surface area contributed by atoms with E-state index in [9.17, 15) is 14.4 Å². The number of nitrogens with one attached hydrogen (secondary N) is 2. The van der Waals surface area contributed by atoms with Gasteiger partial charge in [0.05, 0.1) is 23.9 Å². The minimum Gasteiger partial charge on any atom is -0.354 e. The van der Waals surface area contributed by atoms with Crippen LogP contribution >= 0.6 is 22.9 Å². The van der Waals surface area contributed by atoms with Gasteiger partial charge in [0.1, 0.15) is 6.04 Å². The first-order valence-electron chi connectivity index (χ1n) is 12.7. The Morgan fingerprint density at radius 2 is 1.87 bits per heavy atom. The Bertz CT molecular complexity index is 1340. The van der Waals surface area contributed by atoms with Crippen molar-refractivity contribution in [2.24, 2.45) is 0 Å². The fraction of sp³-hybridized carbons (Fsp3) is 0.276. The molecule has 7 nitrogen and oxygen atoms in total. The Morgan fingerprint density at radius 3 is 2.55 bits per heavy atom. The molecule has 0 saturated carbocycles. The third-order valence-corrected chi connectivity index (χ3v) is 8.16. The summed E-state index contributed by atoms with van der Waals surface area (Å²) >= 11 is 7.74. The van der Waals surface area contributed by atoms with E-state index in [-0.39, 0.29) is 24.4 Å². The molecule has 0 fully saturated rings. The van der Waals surface area contributed by atoms with E-state index in [2.05, 4.69) is 10.6 Å². The zero-order valence-electron chi connectivity index (χ0n) is 21.0. The summed E-state index contributed by atoms with van der Waals surface area (Å²) in [4.78, 5) is 45.1. The maximum Gasteiger partial charge on any atom is 0.322 e. The van der Waals surface area contributed by atoms with Gasteiger partial charge in [-0.15, -0.1) is 11.3 Å². The van der Waals surface area contributed by atoms with Crippen LogP contribution < -0.4 is 10.6 Å². The first-order chi connectivity index (χ1) is 18.5. The predicted octanol–water partition coefficient (Wildman–Crippen LogP) is 4.55. The maximum atomic E-state index is 14.0. The van der Waals surface area contributed by atoms with Gasteiger partial charge in [-0.1, -0.05) is 60.1 Å². The monoisotopic (exact) mass is 548 g/mol. The lowest BCUT2D eigenvalue weighted by atomic mass is 9.95. The highest BCUT2D eigenvalue weighted by atomic mass is 35.5. The lowest BCUT2D eigenvalue weighted by molar-refractivity contribution is -0.136. The number of thiophene rings is 1. The molecule has 0 unspecified atom stereocenters. The number of amides is 4. The molecule has 196 valence electrons. The second-order valence-electron chi connectivity index (χ2n) is 9.30. The molecular weight excluding hydrogens is 520 g/mol. The van der Waals surface area contributed by atoms with Crippen LogP contribution in [0.1, 0.15) is 29.0 Å². The molecule has 2 atom stereocenters. The number of benzene rings is 2. The highest BCUT2D eigenvalue weighted by molar-refractivity contribution is 7.09. The average molecular weight is 549 g/mol. The Kier molecular flexibility index (Phi) is 7.81. The molecule has 4 amide bonds. The molecule has 0 bridgehead atoms. The van der Waals surface area contributed by atoms with Gasteiger partial charge in [-0.3, -0.25) is 14.5 Å². The molecule has 2 aliphatic rings. The number of carbonyl (C=O) groups excluding carboxylic acids is 3. The molecule has 2 N–H and O–H groups in total. The highest BCUT2D eigenvalue weighted by Crippen LogP contribution is 2.37. The van der Waals surface area contributed by atoms with E-state index >= 15 is 0 Å². The molecule has 38 heavy (non-hydrogen) atoms. The van der Waals surface area contributed by atoms with Crippen molar-refractivity contribution in [3.63, 3.8) is 0 Å². The molecular formula is C29H29ClN4O3S. The summed E-state index contributed by atoms with van der Waals surface area (Å²) < 4.78 is 0. The smallest absolute Gasteiger partial charge is 0.322 e. The molecule has 0 radical (unpaired) electrons. The van der Waals surface area contributed by atoms with E-state index in [0.717, 1.165) is 17.5 Å². The van der Waals surface area contributed by atoms with Crippen LogP contribution in [0, 0.1) is 0 Å². The predicted molar refractivity (Wildman–Crippen MR) is 149 cm³/mol. The van der Waals surface area contributed by atoms with Gasteiger partial charge in [0.15, 0.2) is 0 Å². The van der Waals surface area contributed by atoms with E-state index in [1.807, 2.05) is 66.9 Å². The number of urea groups is 1. The lowest BCUT2D eigenvalue weighted by Crippen LogP contribution is -2.50. The highest BCUT2D eigenvalue weighted by Gasteiger charge is 2.46. The van der Waals surface area contributed by atoms with Gasteiger partial charge in [0.25, 0.3) is 5.91 Å². The summed E-state index contributed by atoms with van der Waals surface area (Å²) in [6, 6.07) is 19.2. The normalized spacial score (nSPS) is 17.9. The van der Waals surface area contributed by atoms with Crippen molar-refractivity contribution in [3.05, 3.63) is 104 Å². The van der Waals surface area contributed by atoms with Crippen LogP contribution in [-0.2, 0) is 22.4 Å². The van der Waals surface area contributed by atoms with Crippen molar-refractivity contribution in [2.45, 2.75) is 31.8 Å². The molecule has 1 aromatic heterocycles. The van der Waals surface area contributed by atoms with Crippen molar-refractivity contribution >= 4 is 40.8 Å². The van der Waals surface area contributed by atoms with Crippen LogP contribution in [0.25, 0.3) is 0 Å². The van der Waals surface area contributed by atoms with Gasteiger partial charge in [0, 0.05) is 29.4 Å². The minimum atomic E-state index is -0.724. The largest absolute Gasteiger partial charge is 0.354 e. The fourth-order valence-corrected chi connectivity index (χ4v) is 5.90. The first-order valence-corrected chi connectivity index (χ1v) is 13.9. The van der Waals surface area contributed by atoms with Crippen molar-refractivity contribution in [3.8, 4) is 0 Å². The third kappa shape index (κ3) is 5.33. The van der Waals surface area contributed by atoms with E-state index in [1.165, 1.54) is 4.88 Å². The second-order valence-corrected chi connectivity index (χ2v) is 10.8. The van der Waals surface area contributed by atoms with Crippen molar-refractivity contribution in [1.82, 2.24) is 20.4 Å². The molecule has 0 spiro atoms. The van der Waals surface area contributed by atoms with Crippen molar-refractivity contribution in [2.75, 3.05) is 19.6 Å². The third-order valence-electron chi connectivity index (χ3n) is 6.97. The van der Waals surface area contributed by atoms with Crippen LogP contribution in [0.4, 0.5) is 4.79 Å². The SMILES string of the molecule is CCN1C(=O)N[C@H](c2ccc(Cl)cc2)C2=C1CN([C@H](Cc1ccccc1)C(=O)NCCc1cccs1)C2=O. The summed E-state index contributed by atoms with van der Waals surface area (Å²) in [6.45, 7) is 2.96. The number of carbonyl (C=O) groups is 3. The molecule has 5 rings (SSSR count). The van der Waals surface area contributed by atoms with E-state index in [0.29, 0.717) is 35.8 Å². The Morgan fingerprint density at radius 1 is 1.11 bits per heavy atom. The van der Waals surface area contributed by atoms with Gasteiger partial charge in [0.2, 0.25) is 5.91 Å². The van der Waals surface area contributed by atoms with Crippen LogP contribution in [0.15, 0.2) is 83.4 Å². The number of hydrogen-bond acceptors (Lipinski definition) is 4. The summed E-state index contributed by atoms with van der Waals surface area (Å²) in [5.41, 5.74) is 2.87. The van der Waals surface area contributed by atoms with Gasteiger partial charge in [-0.25, -0.2) is 4.79 Å².